The maximum Gasteiger partial charge on any atom is 0.123 e. The first kappa shape index (κ1) is 15.9. The molecule has 0 bridgehead atoms. The van der Waals surface area contributed by atoms with Crippen molar-refractivity contribution < 1.29 is 9.13 Å². The molecule has 1 aliphatic carbocycles. The molecule has 3 rings (SSSR count). The third kappa shape index (κ3) is 4.06. The number of rotatable bonds is 4. The van der Waals surface area contributed by atoms with E-state index in [1.54, 1.807) is 6.07 Å². The van der Waals surface area contributed by atoms with Crippen molar-refractivity contribution in [1.82, 2.24) is 5.32 Å². The second-order valence-electron chi connectivity index (χ2n) is 6.78. The Kier molecular flexibility index (Phi) is 5.45. The maximum absolute atomic E-state index is 13.3. The first-order valence-electron chi connectivity index (χ1n) is 8.55. The molecule has 0 amide bonds. The van der Waals surface area contributed by atoms with E-state index in [-0.39, 0.29) is 11.9 Å². The number of ether oxygens (including phenoxy) is 1. The van der Waals surface area contributed by atoms with Crippen molar-refractivity contribution >= 4 is 0 Å². The molecule has 0 spiro atoms. The average molecular weight is 306 g/mol. The molecule has 0 radical (unpaired) electrons. The van der Waals surface area contributed by atoms with Crippen LogP contribution in [0.15, 0.2) is 24.3 Å². The van der Waals surface area contributed by atoms with Gasteiger partial charge in [0.25, 0.3) is 0 Å². The van der Waals surface area contributed by atoms with E-state index in [1.807, 2.05) is 12.1 Å². The fourth-order valence-corrected chi connectivity index (χ4v) is 3.71. The van der Waals surface area contributed by atoms with Gasteiger partial charge in [-0.15, -0.1) is 0 Å². The van der Waals surface area contributed by atoms with Crippen LogP contribution in [-0.4, -0.2) is 31.8 Å². The van der Waals surface area contributed by atoms with Crippen LogP contribution >= 0.6 is 0 Å². The summed E-state index contributed by atoms with van der Waals surface area (Å²) in [4.78, 5) is 0. The number of hydrogen-bond donors (Lipinski definition) is 2. The molecule has 22 heavy (non-hydrogen) atoms. The van der Waals surface area contributed by atoms with Gasteiger partial charge in [-0.1, -0.05) is 12.1 Å². The van der Waals surface area contributed by atoms with E-state index in [2.05, 4.69) is 5.32 Å². The average Bonchev–Trinajstić information content (AvgIpc) is 2.55. The summed E-state index contributed by atoms with van der Waals surface area (Å²) in [6.45, 7) is 2.76. The fourth-order valence-electron chi connectivity index (χ4n) is 3.71. The van der Waals surface area contributed by atoms with Crippen molar-refractivity contribution in [3.05, 3.63) is 35.6 Å². The van der Waals surface area contributed by atoms with Crippen LogP contribution in [0.5, 0.6) is 0 Å². The van der Waals surface area contributed by atoms with Gasteiger partial charge in [-0.3, -0.25) is 0 Å². The van der Waals surface area contributed by atoms with Gasteiger partial charge in [0.15, 0.2) is 0 Å². The van der Waals surface area contributed by atoms with Gasteiger partial charge in [-0.25, -0.2) is 4.39 Å². The van der Waals surface area contributed by atoms with Crippen LogP contribution in [-0.2, 0) is 4.74 Å². The first-order valence-corrected chi connectivity index (χ1v) is 8.55. The third-order valence-electron chi connectivity index (χ3n) is 5.21. The molecule has 2 unspecified atom stereocenters. The fraction of sp³-hybridized carbons (Fsp3) is 0.667. The lowest BCUT2D eigenvalue weighted by molar-refractivity contribution is -0.00285. The molecule has 3 nitrogen and oxygen atoms in total. The van der Waals surface area contributed by atoms with E-state index in [1.165, 1.54) is 6.07 Å². The lowest BCUT2D eigenvalue weighted by atomic mass is 9.82. The molecule has 1 saturated heterocycles. The largest absolute Gasteiger partial charge is 0.378 e. The molecule has 3 N–H and O–H groups in total. The highest BCUT2D eigenvalue weighted by Crippen LogP contribution is 2.34. The molecule has 1 aromatic carbocycles. The first-order chi connectivity index (χ1) is 10.7. The SMILES string of the molecule is NC1CCNCC1COC1CCC(c2cccc(F)c2)CC1. The second-order valence-corrected chi connectivity index (χ2v) is 6.78. The zero-order valence-corrected chi connectivity index (χ0v) is 13.1. The summed E-state index contributed by atoms with van der Waals surface area (Å²) in [5.74, 6) is 0.790. The van der Waals surface area contributed by atoms with E-state index in [0.29, 0.717) is 17.9 Å². The highest BCUT2D eigenvalue weighted by molar-refractivity contribution is 5.21. The molecule has 1 heterocycles. The minimum absolute atomic E-state index is 0.130. The molecule has 1 aromatic rings. The van der Waals surface area contributed by atoms with Crippen molar-refractivity contribution in [2.24, 2.45) is 11.7 Å². The van der Waals surface area contributed by atoms with Crippen molar-refractivity contribution in [3.8, 4) is 0 Å². The highest BCUT2D eigenvalue weighted by Gasteiger charge is 2.26. The summed E-state index contributed by atoms with van der Waals surface area (Å²) >= 11 is 0. The summed E-state index contributed by atoms with van der Waals surface area (Å²) < 4.78 is 19.4. The van der Waals surface area contributed by atoms with Crippen LogP contribution < -0.4 is 11.1 Å². The second kappa shape index (κ2) is 7.53. The van der Waals surface area contributed by atoms with E-state index >= 15 is 0 Å². The zero-order chi connectivity index (χ0) is 15.4. The lowest BCUT2D eigenvalue weighted by Gasteiger charge is -2.33. The lowest BCUT2D eigenvalue weighted by Crippen LogP contribution is -2.47. The smallest absolute Gasteiger partial charge is 0.123 e. The summed E-state index contributed by atoms with van der Waals surface area (Å²) in [5.41, 5.74) is 7.29. The third-order valence-corrected chi connectivity index (χ3v) is 5.21. The van der Waals surface area contributed by atoms with Gasteiger partial charge in [-0.2, -0.15) is 0 Å². The monoisotopic (exact) mass is 306 g/mol. The standard InChI is InChI=1S/C18H27FN2O/c19-16-3-1-2-14(10-16)13-4-6-17(7-5-13)22-12-15-11-21-9-8-18(15)20/h1-3,10,13,15,17-18,21H,4-9,11-12,20H2. The van der Waals surface area contributed by atoms with Crippen LogP contribution in [0.1, 0.15) is 43.6 Å². The molecule has 0 aromatic heterocycles. The molecule has 122 valence electrons. The Hall–Kier alpha value is -0.970. The molecule has 1 aliphatic heterocycles. The topological polar surface area (TPSA) is 47.3 Å². The minimum atomic E-state index is -0.130. The van der Waals surface area contributed by atoms with Gasteiger partial charge < -0.3 is 15.8 Å². The van der Waals surface area contributed by atoms with Gasteiger partial charge in [0, 0.05) is 18.5 Å². The minimum Gasteiger partial charge on any atom is -0.378 e. The number of nitrogens with two attached hydrogens (primary N) is 1. The van der Waals surface area contributed by atoms with Gasteiger partial charge in [-0.05, 0) is 62.3 Å². The van der Waals surface area contributed by atoms with Gasteiger partial charge in [0.2, 0.25) is 0 Å². The van der Waals surface area contributed by atoms with E-state index in [9.17, 15) is 4.39 Å². The predicted molar refractivity (Wildman–Crippen MR) is 86.3 cm³/mol. The quantitative estimate of drug-likeness (QED) is 0.899. The number of piperidine rings is 1. The molecule has 2 aliphatic rings. The Morgan fingerprint density at radius 3 is 2.73 bits per heavy atom. The summed E-state index contributed by atoms with van der Waals surface area (Å²) in [6.07, 6.45) is 5.69. The normalized spacial score (nSPS) is 32.8. The van der Waals surface area contributed by atoms with E-state index in [0.717, 1.165) is 57.4 Å². The van der Waals surface area contributed by atoms with Crippen LogP contribution in [0, 0.1) is 11.7 Å². The molecule has 2 fully saturated rings. The number of benzene rings is 1. The summed E-state index contributed by atoms with van der Waals surface area (Å²) in [5, 5.41) is 3.39. The van der Waals surface area contributed by atoms with Crippen molar-refractivity contribution in [2.45, 2.75) is 50.2 Å². The summed E-state index contributed by atoms with van der Waals surface area (Å²) in [7, 11) is 0. The molecule has 4 heteroatoms. The number of nitrogens with one attached hydrogen (secondary N) is 1. The predicted octanol–water partition coefficient (Wildman–Crippen LogP) is 2.81. The Balaban J connectivity index is 1.44. The molecule has 2 atom stereocenters. The maximum atomic E-state index is 13.3. The number of halogens is 1. The van der Waals surface area contributed by atoms with Gasteiger partial charge >= 0.3 is 0 Å². The summed E-state index contributed by atoms with van der Waals surface area (Å²) in [6, 6.07) is 7.31. The Bertz CT molecular complexity index is 474. The Morgan fingerprint density at radius 2 is 2.00 bits per heavy atom. The van der Waals surface area contributed by atoms with E-state index in [4.69, 9.17) is 10.5 Å². The van der Waals surface area contributed by atoms with Crippen LogP contribution in [0.2, 0.25) is 0 Å². The molecular formula is C18H27FN2O. The van der Waals surface area contributed by atoms with Crippen LogP contribution in [0.3, 0.4) is 0 Å². The molecule has 1 saturated carbocycles. The van der Waals surface area contributed by atoms with Crippen molar-refractivity contribution in [3.63, 3.8) is 0 Å². The van der Waals surface area contributed by atoms with Crippen molar-refractivity contribution in [2.75, 3.05) is 19.7 Å². The van der Waals surface area contributed by atoms with Crippen molar-refractivity contribution in [1.29, 1.82) is 0 Å². The Labute approximate surface area is 132 Å². The number of hydrogen-bond acceptors (Lipinski definition) is 3. The van der Waals surface area contributed by atoms with Gasteiger partial charge in [0.1, 0.15) is 5.82 Å². The van der Waals surface area contributed by atoms with Crippen LogP contribution in [0.25, 0.3) is 0 Å². The molecular weight excluding hydrogens is 279 g/mol. The van der Waals surface area contributed by atoms with E-state index < -0.39 is 0 Å². The highest BCUT2D eigenvalue weighted by atomic mass is 19.1. The van der Waals surface area contributed by atoms with Gasteiger partial charge in [0.05, 0.1) is 12.7 Å². The Morgan fingerprint density at radius 1 is 1.18 bits per heavy atom. The van der Waals surface area contributed by atoms with Crippen LogP contribution in [0.4, 0.5) is 4.39 Å². The zero-order valence-electron chi connectivity index (χ0n) is 13.1.